The SMILES string of the molecule is CN(Cc1ccsc1)c1ccccc1C(=N)N. The Balaban J connectivity index is 2.24. The first-order chi connectivity index (χ1) is 8.18. The number of hydrogen-bond donors (Lipinski definition) is 2. The fourth-order valence-electron chi connectivity index (χ4n) is 1.78. The number of nitrogens with one attached hydrogen (secondary N) is 1. The van der Waals surface area contributed by atoms with Gasteiger partial charge in [-0.25, -0.2) is 0 Å². The summed E-state index contributed by atoms with van der Waals surface area (Å²) in [6, 6.07) is 9.84. The Kier molecular flexibility index (Phi) is 3.44. The number of rotatable bonds is 4. The number of nitrogen functional groups attached to an aromatic ring is 1. The van der Waals surface area contributed by atoms with Crippen LogP contribution in [-0.4, -0.2) is 12.9 Å². The predicted octanol–water partition coefficient (Wildman–Crippen LogP) is 2.67. The molecule has 0 saturated heterocycles. The van der Waals surface area contributed by atoms with Crippen molar-refractivity contribution in [1.29, 1.82) is 5.41 Å². The van der Waals surface area contributed by atoms with Gasteiger partial charge in [-0.2, -0.15) is 11.3 Å². The highest BCUT2D eigenvalue weighted by molar-refractivity contribution is 7.07. The third-order valence-corrected chi connectivity index (χ3v) is 3.34. The van der Waals surface area contributed by atoms with Gasteiger partial charge in [-0.05, 0) is 34.5 Å². The molecule has 1 aromatic carbocycles. The molecule has 1 heterocycles. The average Bonchev–Trinajstić information content (AvgIpc) is 2.81. The van der Waals surface area contributed by atoms with Crippen molar-refractivity contribution in [3.63, 3.8) is 0 Å². The van der Waals surface area contributed by atoms with E-state index in [0.29, 0.717) is 0 Å². The molecule has 0 saturated carbocycles. The number of amidine groups is 1. The fourth-order valence-corrected chi connectivity index (χ4v) is 2.44. The van der Waals surface area contributed by atoms with E-state index in [0.717, 1.165) is 17.8 Å². The topological polar surface area (TPSA) is 53.1 Å². The van der Waals surface area contributed by atoms with Crippen LogP contribution in [0.4, 0.5) is 5.69 Å². The third kappa shape index (κ3) is 2.65. The van der Waals surface area contributed by atoms with Crippen molar-refractivity contribution in [2.24, 2.45) is 5.73 Å². The van der Waals surface area contributed by atoms with E-state index < -0.39 is 0 Å². The molecule has 17 heavy (non-hydrogen) atoms. The molecule has 4 heteroatoms. The van der Waals surface area contributed by atoms with Gasteiger partial charge in [0.15, 0.2) is 0 Å². The minimum Gasteiger partial charge on any atom is -0.384 e. The first-order valence-corrected chi connectivity index (χ1v) is 6.28. The first kappa shape index (κ1) is 11.7. The van der Waals surface area contributed by atoms with Crippen molar-refractivity contribution in [2.45, 2.75) is 6.54 Å². The smallest absolute Gasteiger partial charge is 0.124 e. The van der Waals surface area contributed by atoms with Crippen LogP contribution in [0.5, 0.6) is 0 Å². The largest absolute Gasteiger partial charge is 0.384 e. The van der Waals surface area contributed by atoms with Crippen LogP contribution < -0.4 is 10.6 Å². The summed E-state index contributed by atoms with van der Waals surface area (Å²) in [5, 5.41) is 11.8. The third-order valence-electron chi connectivity index (χ3n) is 2.61. The Morgan fingerprint density at radius 2 is 2.12 bits per heavy atom. The summed E-state index contributed by atoms with van der Waals surface area (Å²) in [5.74, 6) is 0.109. The number of nitrogens with two attached hydrogens (primary N) is 1. The van der Waals surface area contributed by atoms with E-state index in [2.05, 4.69) is 21.7 Å². The fraction of sp³-hybridized carbons (Fsp3) is 0.154. The summed E-state index contributed by atoms with van der Waals surface area (Å²) in [7, 11) is 2.01. The maximum Gasteiger partial charge on any atom is 0.124 e. The summed E-state index contributed by atoms with van der Waals surface area (Å²) >= 11 is 1.69. The van der Waals surface area contributed by atoms with Crippen LogP contribution in [0.3, 0.4) is 0 Å². The molecule has 0 amide bonds. The molecule has 3 nitrogen and oxygen atoms in total. The van der Waals surface area contributed by atoms with Crippen LogP contribution in [-0.2, 0) is 6.54 Å². The first-order valence-electron chi connectivity index (χ1n) is 5.34. The quantitative estimate of drug-likeness (QED) is 0.642. The Morgan fingerprint density at radius 3 is 2.76 bits per heavy atom. The summed E-state index contributed by atoms with van der Waals surface area (Å²) in [6.45, 7) is 0.827. The van der Waals surface area contributed by atoms with Crippen molar-refractivity contribution >= 4 is 22.9 Å². The van der Waals surface area contributed by atoms with Gasteiger partial charge >= 0.3 is 0 Å². The highest BCUT2D eigenvalue weighted by Gasteiger charge is 2.09. The molecule has 2 aromatic rings. The molecule has 0 fully saturated rings. The van der Waals surface area contributed by atoms with Gasteiger partial charge in [-0.1, -0.05) is 12.1 Å². The van der Waals surface area contributed by atoms with Crippen LogP contribution in [0.1, 0.15) is 11.1 Å². The Bertz CT molecular complexity index is 505. The molecule has 0 atom stereocenters. The zero-order valence-corrected chi connectivity index (χ0v) is 10.5. The van der Waals surface area contributed by atoms with Crippen molar-refractivity contribution in [3.8, 4) is 0 Å². The predicted molar refractivity (Wildman–Crippen MR) is 73.9 cm³/mol. The summed E-state index contributed by atoms with van der Waals surface area (Å²) in [6.07, 6.45) is 0. The van der Waals surface area contributed by atoms with Gasteiger partial charge in [0.05, 0.1) is 0 Å². The van der Waals surface area contributed by atoms with E-state index in [4.69, 9.17) is 11.1 Å². The molecule has 0 radical (unpaired) electrons. The maximum absolute atomic E-state index is 7.57. The number of para-hydroxylation sites is 1. The molecule has 88 valence electrons. The van der Waals surface area contributed by atoms with Crippen LogP contribution in [0.2, 0.25) is 0 Å². The van der Waals surface area contributed by atoms with Crippen LogP contribution >= 0.6 is 11.3 Å². The molecule has 0 spiro atoms. The lowest BCUT2D eigenvalue weighted by Crippen LogP contribution is -2.21. The monoisotopic (exact) mass is 245 g/mol. The van der Waals surface area contributed by atoms with Gasteiger partial charge in [0.2, 0.25) is 0 Å². The number of anilines is 1. The van der Waals surface area contributed by atoms with Gasteiger partial charge in [0.1, 0.15) is 5.84 Å². The van der Waals surface area contributed by atoms with Gasteiger partial charge < -0.3 is 10.6 Å². The molecule has 0 aliphatic heterocycles. The molecule has 0 unspecified atom stereocenters. The van der Waals surface area contributed by atoms with Crippen LogP contribution in [0.15, 0.2) is 41.1 Å². The Hall–Kier alpha value is -1.81. The standard InChI is InChI=1S/C13H15N3S/c1-16(8-10-6-7-17-9-10)12-5-3-2-4-11(12)13(14)15/h2-7,9H,8H2,1H3,(H3,14,15). The Labute approximate surface area is 105 Å². The van der Waals surface area contributed by atoms with Gasteiger partial charge in [-0.15, -0.1) is 0 Å². The average molecular weight is 245 g/mol. The molecule has 0 bridgehead atoms. The zero-order chi connectivity index (χ0) is 12.3. The molecule has 0 aliphatic rings. The van der Waals surface area contributed by atoms with E-state index in [1.807, 2.05) is 31.3 Å². The number of nitrogens with zero attached hydrogens (tertiary/aromatic N) is 1. The van der Waals surface area contributed by atoms with E-state index >= 15 is 0 Å². The molecule has 1 aromatic heterocycles. The van der Waals surface area contributed by atoms with E-state index in [9.17, 15) is 0 Å². The molecule has 2 rings (SSSR count). The molecular formula is C13H15N3S. The zero-order valence-electron chi connectivity index (χ0n) is 9.68. The van der Waals surface area contributed by atoms with Gasteiger partial charge in [0, 0.05) is 24.8 Å². The van der Waals surface area contributed by atoms with Gasteiger partial charge in [0.25, 0.3) is 0 Å². The second-order valence-electron chi connectivity index (χ2n) is 3.92. The summed E-state index contributed by atoms with van der Waals surface area (Å²) in [4.78, 5) is 2.11. The highest BCUT2D eigenvalue weighted by Crippen LogP contribution is 2.21. The maximum atomic E-state index is 7.57. The van der Waals surface area contributed by atoms with E-state index in [-0.39, 0.29) is 5.84 Å². The van der Waals surface area contributed by atoms with Crippen LogP contribution in [0.25, 0.3) is 0 Å². The van der Waals surface area contributed by atoms with Crippen molar-refractivity contribution < 1.29 is 0 Å². The normalized spacial score (nSPS) is 10.2. The lowest BCUT2D eigenvalue weighted by atomic mass is 10.1. The van der Waals surface area contributed by atoms with Crippen molar-refractivity contribution in [3.05, 3.63) is 52.2 Å². The molecule has 0 aliphatic carbocycles. The number of benzene rings is 1. The lowest BCUT2D eigenvalue weighted by Gasteiger charge is -2.21. The molecular weight excluding hydrogens is 230 g/mol. The van der Waals surface area contributed by atoms with Crippen LogP contribution in [0, 0.1) is 5.41 Å². The van der Waals surface area contributed by atoms with Gasteiger partial charge in [-0.3, -0.25) is 5.41 Å². The summed E-state index contributed by atoms with van der Waals surface area (Å²) in [5.41, 5.74) is 8.63. The highest BCUT2D eigenvalue weighted by atomic mass is 32.1. The van der Waals surface area contributed by atoms with E-state index in [1.165, 1.54) is 5.56 Å². The lowest BCUT2D eigenvalue weighted by molar-refractivity contribution is 0.926. The minimum atomic E-state index is 0.109. The van der Waals surface area contributed by atoms with Crippen molar-refractivity contribution in [2.75, 3.05) is 11.9 Å². The molecule has 3 N–H and O–H groups in total. The second-order valence-corrected chi connectivity index (χ2v) is 4.70. The minimum absolute atomic E-state index is 0.109. The van der Waals surface area contributed by atoms with Crippen molar-refractivity contribution in [1.82, 2.24) is 0 Å². The number of thiophene rings is 1. The number of hydrogen-bond acceptors (Lipinski definition) is 3. The summed E-state index contributed by atoms with van der Waals surface area (Å²) < 4.78 is 0. The van der Waals surface area contributed by atoms with E-state index in [1.54, 1.807) is 11.3 Å². The second kappa shape index (κ2) is 5.01. The Morgan fingerprint density at radius 1 is 1.35 bits per heavy atom.